The predicted molar refractivity (Wildman–Crippen MR) is 106 cm³/mol. The van der Waals surface area contributed by atoms with Crippen LogP contribution in [0.4, 0.5) is 0 Å². The normalized spacial score (nSPS) is 15.9. The van der Waals surface area contributed by atoms with Crippen molar-refractivity contribution in [1.82, 2.24) is 19.8 Å². The highest BCUT2D eigenvalue weighted by Gasteiger charge is 2.38. The summed E-state index contributed by atoms with van der Waals surface area (Å²) in [6.45, 7) is 0. The number of nitrogens with two attached hydrogens (primary N) is 1. The molecule has 1 aromatic carbocycles. The fraction of sp³-hybridized carbons (Fsp3) is 0.444. The summed E-state index contributed by atoms with van der Waals surface area (Å²) in [5.74, 6) is 6.60. The van der Waals surface area contributed by atoms with Crippen molar-refractivity contribution in [3.05, 3.63) is 29.3 Å². The summed E-state index contributed by atoms with van der Waals surface area (Å²) in [7, 11) is 1.71. The average molecular weight is 405 g/mol. The van der Waals surface area contributed by atoms with Crippen LogP contribution in [0.5, 0.6) is 0 Å². The van der Waals surface area contributed by atoms with Crippen molar-refractivity contribution in [1.29, 1.82) is 5.26 Å². The Labute approximate surface area is 167 Å². The van der Waals surface area contributed by atoms with E-state index in [0.717, 1.165) is 37.7 Å². The molecule has 142 valence electrons. The summed E-state index contributed by atoms with van der Waals surface area (Å²) in [4.78, 5) is 14.2. The van der Waals surface area contributed by atoms with E-state index >= 15 is 0 Å². The first-order chi connectivity index (χ1) is 13.0. The van der Waals surface area contributed by atoms with E-state index < -0.39 is 5.54 Å². The van der Waals surface area contributed by atoms with Gasteiger partial charge in [0.2, 0.25) is 11.1 Å². The summed E-state index contributed by atoms with van der Waals surface area (Å²) < 4.78 is 1.35. The SMILES string of the molecule is CN(C(=O)CSc1nnc(-c2cccc(Cl)c2)n1N)C1(C#N)CCCCC1. The van der Waals surface area contributed by atoms with E-state index in [2.05, 4.69) is 16.3 Å². The number of carbonyl (C=O) groups excluding carboxylic acids is 1. The first kappa shape index (κ1) is 19.5. The minimum atomic E-state index is -0.696. The zero-order chi connectivity index (χ0) is 19.4. The van der Waals surface area contributed by atoms with Crippen molar-refractivity contribution in [2.75, 3.05) is 18.6 Å². The molecule has 0 bridgehead atoms. The van der Waals surface area contributed by atoms with Gasteiger partial charge in [-0.1, -0.05) is 54.8 Å². The maximum Gasteiger partial charge on any atom is 0.234 e. The molecule has 0 unspecified atom stereocenters. The van der Waals surface area contributed by atoms with Crippen molar-refractivity contribution in [2.24, 2.45) is 0 Å². The zero-order valence-electron chi connectivity index (χ0n) is 15.1. The Morgan fingerprint density at radius 1 is 1.41 bits per heavy atom. The van der Waals surface area contributed by atoms with Crippen LogP contribution in [0.25, 0.3) is 11.4 Å². The highest BCUT2D eigenvalue weighted by Crippen LogP contribution is 2.33. The van der Waals surface area contributed by atoms with Crippen molar-refractivity contribution in [2.45, 2.75) is 42.8 Å². The van der Waals surface area contributed by atoms with Crippen LogP contribution in [0.15, 0.2) is 29.4 Å². The van der Waals surface area contributed by atoms with Gasteiger partial charge >= 0.3 is 0 Å². The molecule has 2 aromatic rings. The molecule has 0 aliphatic heterocycles. The molecule has 0 saturated heterocycles. The Bertz CT molecular complexity index is 871. The molecule has 1 aromatic heterocycles. The molecule has 1 amide bonds. The number of aromatic nitrogens is 3. The van der Waals surface area contributed by atoms with E-state index in [-0.39, 0.29) is 11.7 Å². The molecule has 1 saturated carbocycles. The molecule has 9 heteroatoms. The fourth-order valence-electron chi connectivity index (χ4n) is 3.32. The molecule has 1 fully saturated rings. The summed E-state index contributed by atoms with van der Waals surface area (Å²) in [5.41, 5.74) is 0.0523. The molecule has 1 aliphatic rings. The van der Waals surface area contributed by atoms with Gasteiger partial charge in [-0.2, -0.15) is 5.26 Å². The van der Waals surface area contributed by atoms with Crippen LogP contribution in [0.3, 0.4) is 0 Å². The van der Waals surface area contributed by atoms with Crippen molar-refractivity contribution >= 4 is 29.3 Å². The molecule has 27 heavy (non-hydrogen) atoms. The number of halogens is 1. The summed E-state index contributed by atoms with van der Waals surface area (Å²) in [5, 5.41) is 18.8. The quantitative estimate of drug-likeness (QED) is 0.607. The highest BCUT2D eigenvalue weighted by molar-refractivity contribution is 7.99. The third-order valence-electron chi connectivity index (χ3n) is 4.98. The van der Waals surface area contributed by atoms with Gasteiger partial charge < -0.3 is 10.7 Å². The fourth-order valence-corrected chi connectivity index (χ4v) is 4.28. The summed E-state index contributed by atoms with van der Waals surface area (Å²) in [6.07, 6.45) is 4.50. The summed E-state index contributed by atoms with van der Waals surface area (Å²) >= 11 is 7.22. The number of hydrogen-bond donors (Lipinski definition) is 1. The average Bonchev–Trinajstić information content (AvgIpc) is 3.06. The Kier molecular flexibility index (Phi) is 5.92. The van der Waals surface area contributed by atoms with Gasteiger partial charge in [0.05, 0.1) is 11.8 Å². The highest BCUT2D eigenvalue weighted by atomic mass is 35.5. The second-order valence-corrected chi connectivity index (χ2v) is 8.01. The number of rotatable bonds is 5. The lowest BCUT2D eigenvalue weighted by molar-refractivity contribution is -0.131. The largest absolute Gasteiger partial charge is 0.335 e. The second-order valence-electron chi connectivity index (χ2n) is 6.63. The van der Waals surface area contributed by atoms with Crippen LogP contribution in [0, 0.1) is 11.3 Å². The lowest BCUT2D eigenvalue weighted by Crippen LogP contribution is -2.50. The molecule has 2 N–H and O–H groups in total. The van der Waals surface area contributed by atoms with Crippen LogP contribution >= 0.6 is 23.4 Å². The lowest BCUT2D eigenvalue weighted by Gasteiger charge is -2.39. The molecule has 3 rings (SSSR count). The van der Waals surface area contributed by atoms with Gasteiger partial charge in [0, 0.05) is 17.6 Å². The Morgan fingerprint density at radius 2 is 2.15 bits per heavy atom. The van der Waals surface area contributed by atoms with Gasteiger partial charge in [0.15, 0.2) is 5.82 Å². The van der Waals surface area contributed by atoms with Gasteiger partial charge in [0.25, 0.3) is 0 Å². The Balaban J connectivity index is 1.68. The molecular formula is C18H21ClN6OS. The maximum atomic E-state index is 12.7. The standard InChI is InChI=1S/C18H21ClN6OS/c1-24(18(12-20)8-3-2-4-9-18)15(26)11-27-17-23-22-16(25(17)21)13-6-5-7-14(19)10-13/h5-7,10H,2-4,8-9,11,21H2,1H3. The monoisotopic (exact) mass is 404 g/mol. The number of nitrogens with zero attached hydrogens (tertiary/aromatic N) is 5. The topological polar surface area (TPSA) is 101 Å². The first-order valence-electron chi connectivity index (χ1n) is 8.74. The van der Waals surface area contributed by atoms with Gasteiger partial charge in [0.1, 0.15) is 5.54 Å². The Morgan fingerprint density at radius 3 is 2.81 bits per heavy atom. The van der Waals surface area contributed by atoms with Crippen LogP contribution in [-0.4, -0.2) is 44.0 Å². The number of benzene rings is 1. The predicted octanol–water partition coefficient (Wildman–Crippen LogP) is 3.09. The van der Waals surface area contributed by atoms with Crippen molar-refractivity contribution in [3.63, 3.8) is 0 Å². The van der Waals surface area contributed by atoms with Gasteiger partial charge in [-0.15, -0.1) is 10.2 Å². The second kappa shape index (κ2) is 8.19. The minimum Gasteiger partial charge on any atom is -0.335 e. The molecule has 1 heterocycles. The van der Waals surface area contributed by atoms with Crippen molar-refractivity contribution in [3.8, 4) is 17.5 Å². The van der Waals surface area contributed by atoms with Crippen LogP contribution in [0.2, 0.25) is 5.02 Å². The molecule has 0 atom stereocenters. The van der Waals surface area contributed by atoms with E-state index in [1.54, 1.807) is 24.1 Å². The molecule has 0 spiro atoms. The first-order valence-corrected chi connectivity index (χ1v) is 10.1. The van der Waals surface area contributed by atoms with E-state index in [0.29, 0.717) is 16.0 Å². The summed E-state index contributed by atoms with van der Waals surface area (Å²) in [6, 6.07) is 9.53. The van der Waals surface area contributed by atoms with E-state index in [1.165, 1.54) is 16.4 Å². The number of carbonyl (C=O) groups is 1. The Hall–Kier alpha value is -2.24. The van der Waals surface area contributed by atoms with Gasteiger partial charge in [-0.25, -0.2) is 4.68 Å². The number of nitriles is 1. The third kappa shape index (κ3) is 4.04. The number of thioether (sulfide) groups is 1. The van der Waals surface area contributed by atoms with E-state index in [1.807, 2.05) is 12.1 Å². The van der Waals surface area contributed by atoms with E-state index in [4.69, 9.17) is 17.4 Å². The molecule has 1 aliphatic carbocycles. The molecular weight excluding hydrogens is 384 g/mol. The van der Waals surface area contributed by atoms with Crippen LogP contribution in [0.1, 0.15) is 32.1 Å². The van der Waals surface area contributed by atoms with Crippen LogP contribution < -0.4 is 5.84 Å². The number of amides is 1. The smallest absolute Gasteiger partial charge is 0.234 e. The van der Waals surface area contributed by atoms with E-state index in [9.17, 15) is 10.1 Å². The van der Waals surface area contributed by atoms with Crippen molar-refractivity contribution < 1.29 is 4.79 Å². The third-order valence-corrected chi connectivity index (χ3v) is 6.14. The van der Waals surface area contributed by atoms with Gasteiger partial charge in [-0.05, 0) is 25.0 Å². The molecule has 7 nitrogen and oxygen atoms in total. The number of hydrogen-bond acceptors (Lipinski definition) is 6. The lowest BCUT2D eigenvalue weighted by atomic mass is 9.81. The minimum absolute atomic E-state index is 0.115. The van der Waals surface area contributed by atoms with Crippen LogP contribution in [-0.2, 0) is 4.79 Å². The molecule has 0 radical (unpaired) electrons. The number of nitrogen functional groups attached to an aromatic ring is 1. The zero-order valence-corrected chi connectivity index (χ0v) is 16.6. The maximum absolute atomic E-state index is 12.7. The van der Waals surface area contributed by atoms with Gasteiger partial charge in [-0.3, -0.25) is 4.79 Å².